The fourth-order valence-corrected chi connectivity index (χ4v) is 2.36. The molecule has 0 bridgehead atoms. The molecule has 1 N–H and O–H groups in total. The second-order valence-electron chi connectivity index (χ2n) is 6.23. The minimum Gasteiger partial charge on any atom is -1.00 e. The molecule has 126 valence electrons. The van der Waals surface area contributed by atoms with Crippen molar-refractivity contribution in [1.82, 2.24) is 0 Å². The lowest BCUT2D eigenvalue weighted by Crippen LogP contribution is -3.00. The number of esters is 1. The number of unbranched alkanes of at least 4 members (excludes halogenated alkanes) is 2. The number of hydrogen-bond donors (Lipinski definition) is 1. The number of ether oxygens (including phenoxy) is 1. The van der Waals surface area contributed by atoms with Gasteiger partial charge in [0, 0.05) is 6.42 Å². The Hall–Kier alpha value is -0.140. The van der Waals surface area contributed by atoms with Crippen LogP contribution in [-0.2, 0) is 9.53 Å². The number of methoxy groups -OCH3 is 1. The van der Waals surface area contributed by atoms with Crippen molar-refractivity contribution in [2.24, 2.45) is 0 Å². The summed E-state index contributed by atoms with van der Waals surface area (Å²) < 4.78 is 5.33. The van der Waals surface area contributed by atoms with Crippen LogP contribution in [0.4, 0.5) is 0 Å². The fourth-order valence-electron chi connectivity index (χ4n) is 2.36. The van der Waals surface area contributed by atoms with Gasteiger partial charge in [-0.15, -0.1) is 0 Å². The average Bonchev–Trinajstić information content (AvgIpc) is 2.37. The summed E-state index contributed by atoms with van der Waals surface area (Å²) in [6.45, 7) is 2.19. The van der Waals surface area contributed by atoms with Crippen molar-refractivity contribution in [3.05, 3.63) is 12.2 Å². The maximum Gasteiger partial charge on any atom is 0.309 e. The highest BCUT2D eigenvalue weighted by Crippen LogP contribution is 2.18. The molecule has 0 radical (unpaired) electrons. The number of aliphatic hydroxyl groups is 1. The quantitative estimate of drug-likeness (QED) is 0.173. The van der Waals surface area contributed by atoms with Crippen LogP contribution in [0.3, 0.4) is 0 Å². The first-order chi connectivity index (χ1) is 9.32. The summed E-state index contributed by atoms with van der Waals surface area (Å²) in [6.07, 6.45) is 8.72. The van der Waals surface area contributed by atoms with Crippen LogP contribution >= 0.6 is 0 Å². The van der Waals surface area contributed by atoms with E-state index in [2.05, 4.69) is 32.8 Å². The molecule has 2 unspecified atom stereocenters. The predicted molar refractivity (Wildman–Crippen MR) is 82.4 cm³/mol. The molecular formula is C16H32INO3. The van der Waals surface area contributed by atoms with Gasteiger partial charge in [0.1, 0.15) is 12.1 Å². The van der Waals surface area contributed by atoms with Gasteiger partial charge in [-0.1, -0.05) is 31.9 Å². The second kappa shape index (κ2) is 12.4. The summed E-state index contributed by atoms with van der Waals surface area (Å²) in [7, 11) is 7.75. The average molecular weight is 413 g/mol. The minimum absolute atomic E-state index is 0. The molecule has 0 heterocycles. The van der Waals surface area contributed by atoms with Gasteiger partial charge >= 0.3 is 5.97 Å². The number of aliphatic hydroxyl groups excluding tert-OH is 1. The molecule has 4 nitrogen and oxygen atoms in total. The number of hydrogen-bond acceptors (Lipinski definition) is 3. The van der Waals surface area contributed by atoms with E-state index >= 15 is 0 Å². The van der Waals surface area contributed by atoms with Crippen molar-refractivity contribution in [2.75, 3.05) is 28.3 Å². The standard InChI is InChI=1S/C16H32NO3.HI/c1-6-7-8-11-14(17(2,3)4)15(18)12-9-10-13-16(19)20-5;/h9-10,14-15,18H,6-8,11-13H2,1-5H3;1H/q+1;/p-1/b10-9+;. The van der Waals surface area contributed by atoms with Gasteiger partial charge in [-0.2, -0.15) is 0 Å². The van der Waals surface area contributed by atoms with Gasteiger partial charge in [0.05, 0.1) is 34.7 Å². The maximum atomic E-state index is 11.0. The van der Waals surface area contributed by atoms with Crippen LogP contribution in [0.1, 0.15) is 45.4 Å². The van der Waals surface area contributed by atoms with Gasteiger partial charge in [-0.25, -0.2) is 0 Å². The third-order valence-corrected chi connectivity index (χ3v) is 3.60. The fraction of sp³-hybridized carbons (Fsp3) is 0.812. The topological polar surface area (TPSA) is 46.5 Å². The van der Waals surface area contributed by atoms with Crippen LogP contribution < -0.4 is 24.0 Å². The van der Waals surface area contributed by atoms with Crippen LogP contribution in [0.15, 0.2) is 12.2 Å². The number of nitrogens with zero attached hydrogens (tertiary/aromatic N) is 1. The van der Waals surface area contributed by atoms with E-state index in [-0.39, 0.29) is 48.5 Å². The summed E-state index contributed by atoms with van der Waals surface area (Å²) in [5.41, 5.74) is 0. The molecule has 5 heteroatoms. The van der Waals surface area contributed by atoms with E-state index < -0.39 is 0 Å². The lowest BCUT2D eigenvalue weighted by molar-refractivity contribution is -0.900. The van der Waals surface area contributed by atoms with Crippen molar-refractivity contribution < 1.29 is 43.1 Å². The molecule has 0 rings (SSSR count). The first-order valence-corrected chi connectivity index (χ1v) is 7.53. The maximum absolute atomic E-state index is 11.0. The lowest BCUT2D eigenvalue weighted by Gasteiger charge is -2.37. The Morgan fingerprint density at radius 3 is 2.33 bits per heavy atom. The number of likely N-dealkylation sites (N-methyl/N-ethyl adjacent to an activating group) is 1. The van der Waals surface area contributed by atoms with Crippen LogP contribution in [0, 0.1) is 0 Å². The predicted octanol–water partition coefficient (Wildman–Crippen LogP) is -0.484. The van der Waals surface area contributed by atoms with Crippen LogP contribution in [0.5, 0.6) is 0 Å². The summed E-state index contributed by atoms with van der Waals surface area (Å²) in [6, 6.07) is 0.226. The van der Waals surface area contributed by atoms with Crippen molar-refractivity contribution in [3.8, 4) is 0 Å². The first-order valence-electron chi connectivity index (χ1n) is 7.53. The zero-order valence-corrected chi connectivity index (χ0v) is 16.3. The Balaban J connectivity index is 0. The number of halogens is 1. The van der Waals surface area contributed by atoms with E-state index in [1.54, 1.807) is 6.08 Å². The lowest BCUT2D eigenvalue weighted by atomic mass is 9.98. The second-order valence-corrected chi connectivity index (χ2v) is 6.23. The van der Waals surface area contributed by atoms with E-state index in [0.717, 1.165) is 17.3 Å². The smallest absolute Gasteiger partial charge is 0.309 e. The highest BCUT2D eigenvalue weighted by Gasteiger charge is 2.29. The van der Waals surface area contributed by atoms with Gasteiger partial charge in [-0.3, -0.25) is 4.79 Å². The summed E-state index contributed by atoms with van der Waals surface area (Å²) in [4.78, 5) is 11.0. The van der Waals surface area contributed by atoms with E-state index in [1.165, 1.54) is 20.0 Å². The molecule has 0 aliphatic carbocycles. The molecule has 0 aliphatic heterocycles. The van der Waals surface area contributed by atoms with E-state index in [9.17, 15) is 9.90 Å². The van der Waals surface area contributed by atoms with E-state index in [1.807, 2.05) is 6.08 Å². The highest BCUT2D eigenvalue weighted by atomic mass is 127. The highest BCUT2D eigenvalue weighted by molar-refractivity contribution is 5.70. The van der Waals surface area contributed by atoms with Gasteiger partial charge in [0.25, 0.3) is 0 Å². The zero-order chi connectivity index (χ0) is 15.6. The first kappa shape index (κ1) is 23.1. The molecule has 0 aromatic heterocycles. The molecule has 0 saturated carbocycles. The number of quaternary nitrogens is 1. The van der Waals surface area contributed by atoms with Crippen LogP contribution in [-0.4, -0.2) is 56.0 Å². The van der Waals surface area contributed by atoms with Gasteiger partial charge in [0.2, 0.25) is 0 Å². The Morgan fingerprint density at radius 1 is 1.24 bits per heavy atom. The number of carbonyl (C=O) groups excluding carboxylic acids is 1. The molecule has 0 saturated heterocycles. The van der Waals surface area contributed by atoms with Gasteiger partial charge < -0.3 is 38.3 Å². The largest absolute Gasteiger partial charge is 1.00 e. The monoisotopic (exact) mass is 413 g/mol. The summed E-state index contributed by atoms with van der Waals surface area (Å²) >= 11 is 0. The van der Waals surface area contributed by atoms with Crippen molar-refractivity contribution in [2.45, 2.75) is 57.6 Å². The molecule has 0 aromatic rings. The molecule has 0 spiro atoms. The summed E-state index contributed by atoms with van der Waals surface area (Å²) in [5.74, 6) is -0.248. The SMILES string of the molecule is CCCCCC(C(O)C/C=C/CC(=O)OC)[N+](C)(C)C.[I-]. The molecule has 2 atom stereocenters. The number of rotatable bonds is 10. The Morgan fingerprint density at radius 2 is 1.86 bits per heavy atom. The molecular weight excluding hydrogens is 381 g/mol. The van der Waals surface area contributed by atoms with Crippen molar-refractivity contribution in [1.29, 1.82) is 0 Å². The van der Waals surface area contributed by atoms with Gasteiger partial charge in [-0.05, 0) is 12.8 Å². The third kappa shape index (κ3) is 11.1. The number of carbonyl (C=O) groups is 1. The van der Waals surface area contributed by atoms with Gasteiger partial charge in [0.15, 0.2) is 0 Å². The van der Waals surface area contributed by atoms with Crippen molar-refractivity contribution >= 4 is 5.97 Å². The third-order valence-electron chi connectivity index (χ3n) is 3.60. The molecule has 21 heavy (non-hydrogen) atoms. The van der Waals surface area contributed by atoms with Crippen molar-refractivity contribution in [3.63, 3.8) is 0 Å². The van der Waals surface area contributed by atoms with Crippen LogP contribution in [0.2, 0.25) is 0 Å². The molecule has 0 aromatic carbocycles. The van der Waals surface area contributed by atoms with Crippen LogP contribution in [0.25, 0.3) is 0 Å². The Bertz CT molecular complexity index is 300. The molecule has 0 amide bonds. The minimum atomic E-state index is -0.374. The van der Waals surface area contributed by atoms with E-state index in [0.29, 0.717) is 6.42 Å². The molecule has 0 aliphatic rings. The normalized spacial score (nSPS) is 14.6. The Labute approximate surface area is 147 Å². The molecule has 0 fully saturated rings. The zero-order valence-electron chi connectivity index (χ0n) is 14.1. The Kier molecular flexibility index (Phi) is 13.7. The summed E-state index contributed by atoms with van der Waals surface area (Å²) in [5, 5.41) is 10.4. The van der Waals surface area contributed by atoms with E-state index in [4.69, 9.17) is 0 Å².